The second-order valence-electron chi connectivity index (χ2n) is 7.29. The van der Waals surface area contributed by atoms with Gasteiger partial charge in [-0.15, -0.1) is 0 Å². The van der Waals surface area contributed by atoms with Crippen LogP contribution in [0.3, 0.4) is 0 Å². The van der Waals surface area contributed by atoms with E-state index in [0.717, 1.165) is 17.5 Å². The Balaban J connectivity index is 1.87. The fourth-order valence-corrected chi connectivity index (χ4v) is 3.45. The Morgan fingerprint density at radius 3 is 2.87 bits per heavy atom. The standard InChI is InChI=1S/C17H24N2O4/c1-11-8-17(10-19(11)15(20)23-16(2,3)4)13-6-7-18-14(21-5)12(13)9-22-17/h6-7,11H,8-10H2,1-5H3/t11-,17?/m0/s1. The third-order valence-electron chi connectivity index (χ3n) is 4.40. The number of methoxy groups -OCH3 is 1. The molecule has 2 aliphatic rings. The molecule has 23 heavy (non-hydrogen) atoms. The highest BCUT2D eigenvalue weighted by atomic mass is 16.6. The summed E-state index contributed by atoms with van der Waals surface area (Å²) in [4.78, 5) is 18.5. The van der Waals surface area contributed by atoms with Crippen molar-refractivity contribution in [3.63, 3.8) is 0 Å². The first-order valence-corrected chi connectivity index (χ1v) is 7.92. The van der Waals surface area contributed by atoms with Crippen molar-refractivity contribution in [1.82, 2.24) is 9.88 Å². The summed E-state index contributed by atoms with van der Waals surface area (Å²) in [6.45, 7) is 8.60. The first kappa shape index (κ1) is 16.1. The lowest BCUT2D eigenvalue weighted by Crippen LogP contribution is -2.40. The Hall–Kier alpha value is -1.82. The number of likely N-dealkylation sites (tertiary alicyclic amines) is 1. The summed E-state index contributed by atoms with van der Waals surface area (Å²) >= 11 is 0. The van der Waals surface area contributed by atoms with Crippen molar-refractivity contribution in [2.75, 3.05) is 13.7 Å². The van der Waals surface area contributed by atoms with Crippen LogP contribution in [0.25, 0.3) is 0 Å². The summed E-state index contributed by atoms with van der Waals surface area (Å²) in [6, 6.07) is 2.02. The van der Waals surface area contributed by atoms with E-state index in [-0.39, 0.29) is 12.1 Å². The number of aromatic nitrogens is 1. The van der Waals surface area contributed by atoms with Gasteiger partial charge in [0, 0.05) is 24.2 Å². The Kier molecular flexibility index (Phi) is 3.75. The van der Waals surface area contributed by atoms with Gasteiger partial charge in [0.25, 0.3) is 0 Å². The number of nitrogens with zero attached hydrogens (tertiary/aromatic N) is 2. The maximum absolute atomic E-state index is 12.5. The molecule has 0 radical (unpaired) electrons. The topological polar surface area (TPSA) is 60.9 Å². The van der Waals surface area contributed by atoms with Gasteiger partial charge in [0.15, 0.2) is 0 Å². The van der Waals surface area contributed by atoms with Gasteiger partial charge < -0.3 is 19.1 Å². The number of rotatable bonds is 1. The number of amides is 1. The fourth-order valence-electron chi connectivity index (χ4n) is 3.45. The highest BCUT2D eigenvalue weighted by molar-refractivity contribution is 5.69. The second-order valence-corrected chi connectivity index (χ2v) is 7.29. The number of ether oxygens (including phenoxy) is 3. The van der Waals surface area contributed by atoms with Crippen LogP contribution in [-0.2, 0) is 21.7 Å². The highest BCUT2D eigenvalue weighted by Gasteiger charge is 2.51. The minimum atomic E-state index is -0.506. The summed E-state index contributed by atoms with van der Waals surface area (Å²) < 4.78 is 17.0. The van der Waals surface area contributed by atoms with Crippen molar-refractivity contribution >= 4 is 6.09 Å². The first-order chi connectivity index (χ1) is 10.8. The van der Waals surface area contributed by atoms with Gasteiger partial charge in [-0.3, -0.25) is 0 Å². The predicted octanol–water partition coefficient (Wildman–Crippen LogP) is 2.85. The van der Waals surface area contributed by atoms with Crippen LogP contribution < -0.4 is 4.74 Å². The lowest BCUT2D eigenvalue weighted by atomic mass is 9.91. The minimum Gasteiger partial charge on any atom is -0.481 e. The lowest BCUT2D eigenvalue weighted by molar-refractivity contribution is -0.0329. The number of hydrogen-bond acceptors (Lipinski definition) is 5. The molecule has 6 heteroatoms. The fraction of sp³-hybridized carbons (Fsp3) is 0.647. The summed E-state index contributed by atoms with van der Waals surface area (Å²) in [7, 11) is 1.61. The van der Waals surface area contributed by atoms with Gasteiger partial charge in [0.05, 0.1) is 20.3 Å². The molecule has 1 aromatic heterocycles. The van der Waals surface area contributed by atoms with Crippen molar-refractivity contribution in [2.45, 2.75) is 58.0 Å². The smallest absolute Gasteiger partial charge is 0.410 e. The average Bonchev–Trinajstić information content (AvgIpc) is 2.99. The summed E-state index contributed by atoms with van der Waals surface area (Å²) in [5.41, 5.74) is 1.06. The molecule has 2 aliphatic heterocycles. The van der Waals surface area contributed by atoms with Crippen molar-refractivity contribution in [3.05, 3.63) is 23.4 Å². The third-order valence-corrected chi connectivity index (χ3v) is 4.40. The maximum Gasteiger partial charge on any atom is 0.410 e. The normalized spacial score (nSPS) is 26.5. The van der Waals surface area contributed by atoms with Gasteiger partial charge >= 0.3 is 6.09 Å². The van der Waals surface area contributed by atoms with Gasteiger partial charge in [-0.2, -0.15) is 0 Å². The van der Waals surface area contributed by atoms with E-state index in [4.69, 9.17) is 14.2 Å². The van der Waals surface area contributed by atoms with E-state index >= 15 is 0 Å². The van der Waals surface area contributed by atoms with Crippen molar-refractivity contribution in [1.29, 1.82) is 0 Å². The number of pyridine rings is 1. The van der Waals surface area contributed by atoms with Crippen LogP contribution in [0.2, 0.25) is 0 Å². The van der Waals surface area contributed by atoms with Crippen LogP contribution >= 0.6 is 0 Å². The van der Waals surface area contributed by atoms with Crippen LogP contribution in [0.5, 0.6) is 5.88 Å². The van der Waals surface area contributed by atoms with E-state index in [2.05, 4.69) is 4.98 Å². The molecule has 1 amide bonds. The SMILES string of the molecule is COc1nccc2c1COC21C[C@H](C)N(C(=O)OC(C)(C)C)C1. The van der Waals surface area contributed by atoms with Gasteiger partial charge in [-0.1, -0.05) is 0 Å². The molecule has 1 saturated heterocycles. The van der Waals surface area contributed by atoms with Crippen LogP contribution in [0.1, 0.15) is 45.2 Å². The van der Waals surface area contributed by atoms with Crippen molar-refractivity contribution < 1.29 is 19.0 Å². The molecule has 3 heterocycles. The van der Waals surface area contributed by atoms with Crippen LogP contribution in [0.15, 0.2) is 12.3 Å². The molecule has 6 nitrogen and oxygen atoms in total. The number of carbonyl (C=O) groups is 1. The molecule has 0 bridgehead atoms. The highest BCUT2D eigenvalue weighted by Crippen LogP contribution is 2.47. The lowest BCUT2D eigenvalue weighted by Gasteiger charge is -2.28. The monoisotopic (exact) mass is 320 g/mol. The molecule has 0 saturated carbocycles. The molecule has 0 aromatic carbocycles. The Morgan fingerprint density at radius 2 is 2.22 bits per heavy atom. The Morgan fingerprint density at radius 1 is 1.48 bits per heavy atom. The molecule has 1 spiro atoms. The third kappa shape index (κ3) is 2.76. The van der Waals surface area contributed by atoms with E-state index < -0.39 is 11.2 Å². The van der Waals surface area contributed by atoms with Gasteiger partial charge in [0.2, 0.25) is 5.88 Å². The van der Waals surface area contributed by atoms with Gasteiger partial charge in [-0.05, 0) is 39.3 Å². The molecule has 0 aliphatic carbocycles. The first-order valence-electron chi connectivity index (χ1n) is 7.92. The second kappa shape index (κ2) is 5.37. The molecule has 1 unspecified atom stereocenters. The van der Waals surface area contributed by atoms with E-state index in [9.17, 15) is 4.79 Å². The van der Waals surface area contributed by atoms with E-state index in [1.54, 1.807) is 18.2 Å². The predicted molar refractivity (Wildman–Crippen MR) is 84.3 cm³/mol. The van der Waals surface area contributed by atoms with Crippen molar-refractivity contribution in [3.8, 4) is 5.88 Å². The molecular weight excluding hydrogens is 296 g/mol. The largest absolute Gasteiger partial charge is 0.481 e. The summed E-state index contributed by atoms with van der Waals surface area (Å²) in [5, 5.41) is 0. The van der Waals surface area contributed by atoms with E-state index in [0.29, 0.717) is 19.0 Å². The maximum atomic E-state index is 12.5. The molecular formula is C17H24N2O4. The van der Waals surface area contributed by atoms with Gasteiger partial charge in [0.1, 0.15) is 11.2 Å². The molecule has 3 rings (SSSR count). The zero-order chi connectivity index (χ0) is 16.8. The van der Waals surface area contributed by atoms with E-state index in [1.165, 1.54) is 0 Å². The summed E-state index contributed by atoms with van der Waals surface area (Å²) in [5.74, 6) is 0.600. The van der Waals surface area contributed by atoms with Crippen LogP contribution in [0, 0.1) is 0 Å². The zero-order valence-electron chi connectivity index (χ0n) is 14.4. The van der Waals surface area contributed by atoms with Crippen LogP contribution in [0.4, 0.5) is 4.79 Å². The average molecular weight is 320 g/mol. The Labute approximate surface area is 136 Å². The number of carbonyl (C=O) groups excluding carboxylic acids is 1. The van der Waals surface area contributed by atoms with Crippen LogP contribution in [-0.4, -0.2) is 41.3 Å². The quantitative estimate of drug-likeness (QED) is 0.796. The molecule has 1 aromatic rings. The number of fused-ring (bicyclic) bond motifs is 2. The number of hydrogen-bond donors (Lipinski definition) is 0. The minimum absolute atomic E-state index is 0.0509. The molecule has 2 atom stereocenters. The van der Waals surface area contributed by atoms with Gasteiger partial charge in [-0.25, -0.2) is 9.78 Å². The zero-order valence-corrected chi connectivity index (χ0v) is 14.4. The van der Waals surface area contributed by atoms with E-state index in [1.807, 2.05) is 33.8 Å². The summed E-state index contributed by atoms with van der Waals surface area (Å²) in [6.07, 6.45) is 2.18. The Bertz CT molecular complexity index is 626. The molecule has 0 N–H and O–H groups in total. The molecule has 126 valence electrons. The molecule has 1 fully saturated rings. The van der Waals surface area contributed by atoms with Crippen molar-refractivity contribution in [2.24, 2.45) is 0 Å².